The topological polar surface area (TPSA) is 118 Å². The molecule has 0 saturated heterocycles. The minimum Gasteiger partial charge on any atom is -0.376 e. The van der Waals surface area contributed by atoms with E-state index >= 15 is 0 Å². The Bertz CT molecular complexity index is 748. The molecule has 1 aliphatic carbocycles. The number of alkyl halides is 3. The van der Waals surface area contributed by atoms with Gasteiger partial charge >= 0.3 is 6.18 Å². The highest BCUT2D eigenvalue weighted by molar-refractivity contribution is 5.91. The van der Waals surface area contributed by atoms with Crippen LogP contribution in [-0.4, -0.2) is 43.9 Å². The Hall–Kier alpha value is -2.33. The van der Waals surface area contributed by atoms with E-state index in [-0.39, 0.29) is 5.56 Å². The highest BCUT2D eigenvalue weighted by Crippen LogP contribution is 2.46. The number of carbonyl (C=O) groups excluding carboxylic acids is 2. The van der Waals surface area contributed by atoms with Gasteiger partial charge < -0.3 is 10.2 Å². The number of Topliss-reactive ketones (excluding diaryl/α,β-unsaturated/α-hetero) is 2. The molecule has 1 saturated carbocycles. The lowest BCUT2D eigenvalue weighted by Crippen LogP contribution is -2.69. The first-order chi connectivity index (χ1) is 12.2. The Morgan fingerprint density at radius 3 is 1.78 bits per heavy atom. The molecule has 148 valence electrons. The maximum absolute atomic E-state index is 12.7. The number of rotatable bonds is 4. The highest BCUT2D eigenvalue weighted by atomic mass is 19.4. The summed E-state index contributed by atoms with van der Waals surface area (Å²) >= 11 is 0. The monoisotopic (exact) mass is 389 g/mol. The van der Waals surface area contributed by atoms with E-state index in [0.717, 1.165) is 38.1 Å². The average Bonchev–Trinajstić information content (AvgIpc) is 2.52. The van der Waals surface area contributed by atoms with Crippen LogP contribution in [0.4, 0.5) is 13.2 Å². The molecule has 0 radical (unpaired) electrons. The van der Waals surface area contributed by atoms with E-state index < -0.39 is 64.2 Å². The molecule has 0 aliphatic heterocycles. The summed E-state index contributed by atoms with van der Waals surface area (Å²) in [4.78, 5) is 34.4. The third kappa shape index (κ3) is 3.59. The Morgan fingerprint density at radius 2 is 1.48 bits per heavy atom. The smallest absolute Gasteiger partial charge is 0.376 e. The fraction of sp³-hybridized carbons (Fsp3) is 0.529. The van der Waals surface area contributed by atoms with Crippen molar-refractivity contribution in [3.63, 3.8) is 0 Å². The Balaban J connectivity index is 2.53. The maximum atomic E-state index is 12.7. The van der Waals surface area contributed by atoms with Crippen molar-refractivity contribution >= 4 is 11.6 Å². The van der Waals surface area contributed by atoms with Crippen molar-refractivity contribution in [3.05, 3.63) is 45.5 Å². The van der Waals surface area contributed by atoms with Crippen LogP contribution in [0.15, 0.2) is 24.3 Å². The molecule has 2 rings (SSSR count). The molecule has 1 fully saturated rings. The SMILES string of the molecule is CC(=O)[C@]1(O)CC(c2ccc(C(F)(F)F)cc2)C[C@](O)(C(C)=O)C1[N+](=O)[O-]. The molecule has 2 unspecified atom stereocenters. The Labute approximate surface area is 152 Å². The van der Waals surface area contributed by atoms with Gasteiger partial charge in [0.2, 0.25) is 0 Å². The number of hydrogen-bond donors (Lipinski definition) is 2. The fourth-order valence-electron chi connectivity index (χ4n) is 3.64. The van der Waals surface area contributed by atoms with Crippen LogP contribution in [0, 0.1) is 10.1 Å². The lowest BCUT2D eigenvalue weighted by molar-refractivity contribution is -0.564. The van der Waals surface area contributed by atoms with E-state index in [0.29, 0.717) is 0 Å². The lowest BCUT2D eigenvalue weighted by atomic mass is 9.62. The van der Waals surface area contributed by atoms with E-state index in [1.807, 2.05) is 0 Å². The van der Waals surface area contributed by atoms with Crippen LogP contribution in [0.2, 0.25) is 0 Å². The number of carbonyl (C=O) groups is 2. The predicted octanol–water partition coefficient (Wildman–Crippen LogP) is 1.87. The largest absolute Gasteiger partial charge is 0.416 e. The van der Waals surface area contributed by atoms with Crippen molar-refractivity contribution in [2.75, 3.05) is 0 Å². The Kier molecular flexibility index (Phi) is 5.19. The third-order valence-electron chi connectivity index (χ3n) is 5.16. The standard InChI is InChI=1S/C17H18F3NO6/c1-9(22)15(24)7-12(8-16(25,10(2)23)14(15)21(26)27)11-3-5-13(6-4-11)17(18,19)20/h3-6,12,14,24-25H,7-8H2,1-2H3/t12?,14?,15-,16+. The first-order valence-electron chi connectivity index (χ1n) is 8.01. The molecule has 0 bridgehead atoms. The van der Waals surface area contributed by atoms with Gasteiger partial charge in [0.25, 0.3) is 6.04 Å². The maximum Gasteiger partial charge on any atom is 0.416 e. The second-order valence-electron chi connectivity index (χ2n) is 6.87. The van der Waals surface area contributed by atoms with Crippen molar-refractivity contribution in [1.29, 1.82) is 0 Å². The van der Waals surface area contributed by atoms with Crippen molar-refractivity contribution in [2.24, 2.45) is 0 Å². The van der Waals surface area contributed by atoms with Crippen molar-refractivity contribution in [2.45, 2.75) is 56.0 Å². The number of nitro groups is 1. The van der Waals surface area contributed by atoms with Gasteiger partial charge in [-0.3, -0.25) is 19.7 Å². The number of nitrogens with zero attached hydrogens (tertiary/aromatic N) is 1. The molecule has 10 heteroatoms. The molecule has 7 nitrogen and oxygen atoms in total. The number of hydrogen-bond acceptors (Lipinski definition) is 6. The van der Waals surface area contributed by atoms with E-state index in [9.17, 15) is 43.1 Å². The summed E-state index contributed by atoms with van der Waals surface area (Å²) < 4.78 is 38.1. The van der Waals surface area contributed by atoms with Gasteiger partial charge in [0.05, 0.1) is 5.56 Å². The van der Waals surface area contributed by atoms with Crippen LogP contribution >= 0.6 is 0 Å². The normalized spacial score (nSPS) is 31.4. The van der Waals surface area contributed by atoms with Gasteiger partial charge in [0.1, 0.15) is 0 Å². The Morgan fingerprint density at radius 1 is 1.07 bits per heavy atom. The molecule has 0 aromatic heterocycles. The number of ketones is 2. The van der Waals surface area contributed by atoms with Crippen molar-refractivity contribution in [1.82, 2.24) is 0 Å². The highest BCUT2D eigenvalue weighted by Gasteiger charge is 2.67. The summed E-state index contributed by atoms with van der Waals surface area (Å²) in [5.41, 5.74) is -6.00. The van der Waals surface area contributed by atoms with E-state index in [4.69, 9.17) is 0 Å². The quantitative estimate of drug-likeness (QED) is 0.600. The summed E-state index contributed by atoms with van der Waals surface area (Å²) in [7, 11) is 0. The van der Waals surface area contributed by atoms with Gasteiger partial charge in [-0.05, 0) is 50.3 Å². The van der Waals surface area contributed by atoms with Gasteiger partial charge in [0, 0.05) is 4.92 Å². The first-order valence-corrected chi connectivity index (χ1v) is 8.01. The molecule has 4 atom stereocenters. The van der Waals surface area contributed by atoms with Crippen LogP contribution in [0.3, 0.4) is 0 Å². The lowest BCUT2D eigenvalue weighted by Gasteiger charge is -2.45. The molecule has 0 amide bonds. The van der Waals surface area contributed by atoms with Gasteiger partial charge in [-0.2, -0.15) is 13.2 Å². The third-order valence-corrected chi connectivity index (χ3v) is 5.16. The van der Waals surface area contributed by atoms with Crippen LogP contribution in [0.5, 0.6) is 0 Å². The van der Waals surface area contributed by atoms with Crippen molar-refractivity contribution < 1.29 is 37.9 Å². The zero-order chi connectivity index (χ0) is 20.8. The zero-order valence-corrected chi connectivity index (χ0v) is 14.5. The summed E-state index contributed by atoms with van der Waals surface area (Å²) in [5.74, 6) is -2.97. The van der Waals surface area contributed by atoms with Gasteiger partial charge in [-0.25, -0.2) is 0 Å². The van der Waals surface area contributed by atoms with E-state index in [2.05, 4.69) is 0 Å². The number of halogens is 3. The molecular weight excluding hydrogens is 371 g/mol. The van der Waals surface area contributed by atoms with Gasteiger partial charge in [-0.1, -0.05) is 12.1 Å². The summed E-state index contributed by atoms with van der Waals surface area (Å²) in [6.45, 7) is 1.79. The number of aliphatic hydroxyl groups is 2. The summed E-state index contributed by atoms with van der Waals surface area (Å²) in [5, 5.41) is 32.8. The summed E-state index contributed by atoms with van der Waals surface area (Å²) in [6.07, 6.45) is -5.58. The van der Waals surface area contributed by atoms with E-state index in [1.54, 1.807) is 0 Å². The first kappa shape index (κ1) is 21.0. The van der Waals surface area contributed by atoms with E-state index in [1.165, 1.54) is 0 Å². The predicted molar refractivity (Wildman–Crippen MR) is 85.5 cm³/mol. The van der Waals surface area contributed by atoms with Crippen LogP contribution in [-0.2, 0) is 15.8 Å². The summed E-state index contributed by atoms with van der Waals surface area (Å²) in [6, 6.07) is 1.50. The number of benzene rings is 1. The fourth-order valence-corrected chi connectivity index (χ4v) is 3.64. The molecule has 1 aromatic carbocycles. The van der Waals surface area contributed by atoms with Crippen LogP contribution < -0.4 is 0 Å². The molecule has 0 spiro atoms. The molecular formula is C17H18F3NO6. The molecule has 1 aromatic rings. The van der Waals surface area contributed by atoms with Gasteiger partial charge in [-0.15, -0.1) is 0 Å². The molecule has 0 heterocycles. The average molecular weight is 389 g/mol. The molecule has 2 N–H and O–H groups in total. The molecule has 27 heavy (non-hydrogen) atoms. The van der Waals surface area contributed by atoms with Crippen LogP contribution in [0.1, 0.15) is 43.7 Å². The van der Waals surface area contributed by atoms with Gasteiger partial charge in [0.15, 0.2) is 22.8 Å². The zero-order valence-electron chi connectivity index (χ0n) is 14.5. The second kappa shape index (κ2) is 6.68. The van der Waals surface area contributed by atoms with Crippen LogP contribution in [0.25, 0.3) is 0 Å². The minimum atomic E-state index is -4.57. The molecule has 1 aliphatic rings. The minimum absolute atomic E-state index is 0.212. The second-order valence-corrected chi connectivity index (χ2v) is 6.87. The van der Waals surface area contributed by atoms with Crippen molar-refractivity contribution in [3.8, 4) is 0 Å².